The van der Waals surface area contributed by atoms with Crippen molar-refractivity contribution in [2.75, 3.05) is 13.2 Å². The van der Waals surface area contributed by atoms with Gasteiger partial charge >= 0.3 is 17.9 Å². The van der Waals surface area contributed by atoms with E-state index in [1.807, 2.05) is 42.5 Å². The highest BCUT2D eigenvalue weighted by Crippen LogP contribution is 2.15. The van der Waals surface area contributed by atoms with Gasteiger partial charge in [-0.25, -0.2) is 0 Å². The molecule has 1 unspecified atom stereocenters. The monoisotopic (exact) mass is 861 g/mol. The average molecular weight is 861 g/mol. The van der Waals surface area contributed by atoms with E-state index in [-0.39, 0.29) is 31.6 Å². The van der Waals surface area contributed by atoms with Crippen LogP contribution in [0.3, 0.4) is 0 Å². The minimum absolute atomic E-state index is 0.117. The van der Waals surface area contributed by atoms with Gasteiger partial charge in [0.25, 0.3) is 0 Å². The molecule has 0 aromatic heterocycles. The summed E-state index contributed by atoms with van der Waals surface area (Å²) in [5, 5.41) is 0. The SMILES string of the molecule is CC/C=C\C/C=C\C/C=C\CC(=O)OCC(COC(=O)CCCCCCC\C=C/C=C\C=C/C=C\C=C/CCC)OC(=O)CCCCCCCCCCCCCCCCCCC. The number of carbonyl (C=O) groups is 3. The number of ether oxygens (including phenoxy) is 3. The molecule has 6 nitrogen and oxygen atoms in total. The van der Waals surface area contributed by atoms with Crippen LogP contribution >= 0.6 is 0 Å². The summed E-state index contributed by atoms with van der Waals surface area (Å²) >= 11 is 0. The van der Waals surface area contributed by atoms with Crippen molar-refractivity contribution in [3.8, 4) is 0 Å². The predicted octanol–water partition coefficient (Wildman–Crippen LogP) is 16.6. The van der Waals surface area contributed by atoms with E-state index < -0.39 is 12.1 Å². The summed E-state index contributed by atoms with van der Waals surface area (Å²) in [5.74, 6) is -1.07. The molecule has 0 radical (unpaired) electrons. The second kappa shape index (κ2) is 50.0. The molecule has 0 aromatic carbocycles. The van der Waals surface area contributed by atoms with Crippen molar-refractivity contribution >= 4 is 17.9 Å². The van der Waals surface area contributed by atoms with Gasteiger partial charge in [0.15, 0.2) is 6.10 Å². The van der Waals surface area contributed by atoms with Crippen molar-refractivity contribution in [2.24, 2.45) is 0 Å². The number of hydrogen-bond donors (Lipinski definition) is 0. The minimum atomic E-state index is -0.821. The zero-order chi connectivity index (χ0) is 45.1. The molecule has 0 N–H and O–H groups in total. The molecule has 0 bridgehead atoms. The molecule has 0 aliphatic heterocycles. The van der Waals surface area contributed by atoms with Crippen LogP contribution in [-0.2, 0) is 28.6 Å². The lowest BCUT2D eigenvalue weighted by atomic mass is 10.0. The van der Waals surface area contributed by atoms with E-state index in [1.165, 1.54) is 96.3 Å². The second-order valence-corrected chi connectivity index (χ2v) is 16.5. The van der Waals surface area contributed by atoms with Crippen molar-refractivity contribution < 1.29 is 28.6 Å². The molecule has 0 spiro atoms. The normalized spacial score (nSPS) is 12.9. The fraction of sp³-hybridized carbons (Fsp3) is 0.661. The fourth-order valence-electron chi connectivity index (χ4n) is 6.71. The Morgan fingerprint density at radius 2 is 0.774 bits per heavy atom. The smallest absolute Gasteiger partial charge is 0.309 e. The molecule has 0 aliphatic carbocycles. The molecule has 0 aromatic rings. The van der Waals surface area contributed by atoms with Gasteiger partial charge in [0, 0.05) is 12.8 Å². The summed E-state index contributed by atoms with van der Waals surface area (Å²) in [6.07, 6.45) is 65.7. The molecule has 0 saturated heterocycles. The Morgan fingerprint density at radius 3 is 1.27 bits per heavy atom. The first-order chi connectivity index (χ1) is 30.5. The molecular weight excluding hydrogens is 769 g/mol. The Kier molecular flexibility index (Phi) is 47.0. The number of allylic oxidation sites excluding steroid dienone is 15. The van der Waals surface area contributed by atoms with Gasteiger partial charge in [0.05, 0.1) is 6.42 Å². The fourth-order valence-corrected chi connectivity index (χ4v) is 6.71. The predicted molar refractivity (Wildman–Crippen MR) is 265 cm³/mol. The molecule has 0 rings (SSSR count). The Hall–Kier alpha value is -3.67. The van der Waals surface area contributed by atoms with Gasteiger partial charge in [-0.2, -0.15) is 0 Å². The number of unbranched alkanes of at least 4 members (excludes halogenated alkanes) is 22. The van der Waals surface area contributed by atoms with Gasteiger partial charge < -0.3 is 14.2 Å². The summed E-state index contributed by atoms with van der Waals surface area (Å²) in [6, 6.07) is 0. The van der Waals surface area contributed by atoms with Crippen LogP contribution < -0.4 is 0 Å². The van der Waals surface area contributed by atoms with E-state index in [2.05, 4.69) is 69.4 Å². The minimum Gasteiger partial charge on any atom is -0.462 e. The highest BCUT2D eigenvalue weighted by atomic mass is 16.6. The van der Waals surface area contributed by atoms with Gasteiger partial charge in [0.1, 0.15) is 13.2 Å². The zero-order valence-electron chi connectivity index (χ0n) is 40.1. The lowest BCUT2D eigenvalue weighted by molar-refractivity contribution is -0.166. The van der Waals surface area contributed by atoms with E-state index in [1.54, 1.807) is 6.08 Å². The molecule has 0 amide bonds. The summed E-state index contributed by atoms with van der Waals surface area (Å²) in [6.45, 7) is 6.31. The van der Waals surface area contributed by atoms with Gasteiger partial charge in [-0.15, -0.1) is 0 Å². The zero-order valence-corrected chi connectivity index (χ0v) is 40.1. The number of rotatable bonds is 44. The van der Waals surface area contributed by atoms with E-state index >= 15 is 0 Å². The van der Waals surface area contributed by atoms with E-state index in [9.17, 15) is 14.4 Å². The van der Waals surface area contributed by atoms with Gasteiger partial charge in [-0.3, -0.25) is 14.4 Å². The molecule has 352 valence electrons. The first kappa shape index (κ1) is 58.3. The summed E-state index contributed by atoms with van der Waals surface area (Å²) < 4.78 is 16.6. The largest absolute Gasteiger partial charge is 0.462 e. The van der Waals surface area contributed by atoms with Gasteiger partial charge in [-0.05, 0) is 51.4 Å². The summed E-state index contributed by atoms with van der Waals surface area (Å²) in [5.41, 5.74) is 0. The molecule has 0 saturated carbocycles. The van der Waals surface area contributed by atoms with Crippen LogP contribution in [0.25, 0.3) is 0 Å². The van der Waals surface area contributed by atoms with Gasteiger partial charge in [0.2, 0.25) is 0 Å². The molecule has 1 atom stereocenters. The molecular formula is C56H92O6. The molecule has 0 aliphatic rings. The number of esters is 3. The summed E-state index contributed by atoms with van der Waals surface area (Å²) in [7, 11) is 0. The molecule has 6 heteroatoms. The van der Waals surface area contributed by atoms with Crippen molar-refractivity contribution in [2.45, 2.75) is 226 Å². The Bertz CT molecular complexity index is 1260. The molecule has 0 heterocycles. The van der Waals surface area contributed by atoms with Crippen molar-refractivity contribution in [1.82, 2.24) is 0 Å². The van der Waals surface area contributed by atoms with Crippen LogP contribution in [0.4, 0.5) is 0 Å². The van der Waals surface area contributed by atoms with Crippen LogP contribution in [0, 0.1) is 0 Å². The number of hydrogen-bond acceptors (Lipinski definition) is 6. The molecule has 0 fully saturated rings. The average Bonchev–Trinajstić information content (AvgIpc) is 3.27. The molecule has 62 heavy (non-hydrogen) atoms. The second-order valence-electron chi connectivity index (χ2n) is 16.5. The highest BCUT2D eigenvalue weighted by molar-refractivity contribution is 5.72. The van der Waals surface area contributed by atoms with Crippen molar-refractivity contribution in [3.05, 3.63) is 97.2 Å². The van der Waals surface area contributed by atoms with E-state index in [0.717, 1.165) is 83.5 Å². The standard InChI is InChI=1S/C56H92O6/c1-4-7-10-13-16-19-21-23-25-27-29-30-32-34-37-40-43-46-49-55(58)61-52-53(51-60-54(57)48-45-42-39-36-18-15-12-9-6-3)62-56(59)50-47-44-41-38-35-33-31-28-26-24-22-20-17-14-11-8-5-2/h9-10,12-13,16,18-19,21,23,25,27,29-30,36,42,45,53H,4-8,11,14-15,17,20,22,24,26,28,31-35,37-41,43-44,46-52H2,1-3H3/b12-9-,13-10-,19-16-,23-21-,27-25-,30-29-,36-18-,45-42-. The highest BCUT2D eigenvalue weighted by Gasteiger charge is 2.19. The van der Waals surface area contributed by atoms with Crippen molar-refractivity contribution in [3.63, 3.8) is 0 Å². The Morgan fingerprint density at radius 1 is 0.371 bits per heavy atom. The maximum absolute atomic E-state index is 12.8. The lowest BCUT2D eigenvalue weighted by Gasteiger charge is -2.18. The first-order valence-corrected chi connectivity index (χ1v) is 25.3. The maximum Gasteiger partial charge on any atom is 0.309 e. The Labute approximate surface area is 381 Å². The lowest BCUT2D eigenvalue weighted by Crippen LogP contribution is -2.30. The van der Waals surface area contributed by atoms with Crippen LogP contribution in [0.1, 0.15) is 220 Å². The third-order valence-corrected chi connectivity index (χ3v) is 10.5. The summed E-state index contributed by atoms with van der Waals surface area (Å²) in [4.78, 5) is 37.8. The number of carbonyl (C=O) groups excluding carboxylic acids is 3. The topological polar surface area (TPSA) is 78.9 Å². The van der Waals surface area contributed by atoms with E-state index in [4.69, 9.17) is 14.2 Å². The van der Waals surface area contributed by atoms with Crippen LogP contribution in [0.2, 0.25) is 0 Å². The van der Waals surface area contributed by atoms with Crippen LogP contribution in [0.15, 0.2) is 97.2 Å². The van der Waals surface area contributed by atoms with Crippen LogP contribution in [-0.4, -0.2) is 37.2 Å². The van der Waals surface area contributed by atoms with E-state index in [0.29, 0.717) is 12.8 Å². The quantitative estimate of drug-likeness (QED) is 0.0200. The van der Waals surface area contributed by atoms with Crippen LogP contribution in [0.5, 0.6) is 0 Å². The van der Waals surface area contributed by atoms with Crippen molar-refractivity contribution in [1.29, 1.82) is 0 Å². The van der Waals surface area contributed by atoms with Gasteiger partial charge in [-0.1, -0.05) is 246 Å². The Balaban J connectivity index is 4.42. The maximum atomic E-state index is 12.8. The third-order valence-electron chi connectivity index (χ3n) is 10.5. The third kappa shape index (κ3) is 47.4. The first-order valence-electron chi connectivity index (χ1n) is 25.3.